The van der Waals surface area contributed by atoms with Gasteiger partial charge in [0.1, 0.15) is 11.2 Å². The lowest BCUT2D eigenvalue weighted by Gasteiger charge is -2.47. The molecule has 3 aliphatic carbocycles. The largest absolute Gasteiger partial charge is 0.466 e. The van der Waals surface area contributed by atoms with E-state index >= 15 is 0 Å². The van der Waals surface area contributed by atoms with Crippen LogP contribution in [0.2, 0.25) is 5.28 Å². The Kier molecular flexibility index (Phi) is 4.56. The molecule has 8 heteroatoms. The molecule has 3 fully saturated rings. The van der Waals surface area contributed by atoms with Gasteiger partial charge < -0.3 is 10.1 Å². The molecular formula is C18H21ClN4O3. The molecule has 0 aliphatic heterocycles. The van der Waals surface area contributed by atoms with Crippen LogP contribution in [-0.4, -0.2) is 39.5 Å². The molecule has 0 amide bonds. The Balaban J connectivity index is 1.71. The molecule has 3 aliphatic rings. The zero-order valence-corrected chi connectivity index (χ0v) is 15.3. The average Bonchev–Trinajstić information content (AvgIpc) is 3.05. The lowest BCUT2D eigenvalue weighted by molar-refractivity contribution is -0.154. The van der Waals surface area contributed by atoms with E-state index in [4.69, 9.17) is 16.3 Å². The summed E-state index contributed by atoms with van der Waals surface area (Å²) < 4.78 is 6.82. The second kappa shape index (κ2) is 6.87. The van der Waals surface area contributed by atoms with Gasteiger partial charge in [-0.05, 0) is 68.2 Å². The monoisotopic (exact) mass is 376 g/mol. The molecule has 0 unspecified atom stereocenters. The van der Waals surface area contributed by atoms with Crippen LogP contribution in [0.1, 0.15) is 43.1 Å². The average molecular weight is 377 g/mol. The van der Waals surface area contributed by atoms with Crippen LogP contribution >= 0.6 is 11.6 Å². The lowest BCUT2D eigenvalue weighted by atomic mass is 9.61. The van der Waals surface area contributed by atoms with Crippen molar-refractivity contribution in [3.05, 3.63) is 23.1 Å². The maximum atomic E-state index is 12.6. The normalized spacial score (nSPS) is 27.5. The summed E-state index contributed by atoms with van der Waals surface area (Å²) in [5, 5.41) is 7.60. The Bertz CT molecular complexity index is 844. The van der Waals surface area contributed by atoms with Gasteiger partial charge in [0.05, 0.1) is 12.5 Å². The maximum absolute atomic E-state index is 12.6. The third-order valence-electron chi connectivity index (χ3n) is 5.72. The molecule has 5 rings (SSSR count). The Morgan fingerprint density at radius 2 is 2.08 bits per heavy atom. The van der Waals surface area contributed by atoms with Crippen LogP contribution in [0.4, 0.5) is 5.82 Å². The van der Waals surface area contributed by atoms with Crippen molar-refractivity contribution in [1.82, 2.24) is 14.6 Å². The Morgan fingerprint density at radius 1 is 1.35 bits per heavy atom. The smallest absolute Gasteiger partial charge is 0.311 e. The predicted octanol–water partition coefficient (Wildman–Crippen LogP) is 2.98. The molecule has 3 saturated carbocycles. The zero-order chi connectivity index (χ0) is 18.3. The summed E-state index contributed by atoms with van der Waals surface area (Å²) in [6.07, 6.45) is 5.03. The standard InChI is InChI=1S/C18H21ClN4O3/c1-2-26-17(25)14-10-3-5-11(6-4-10)15(14)20-16-13-8-7-12(9-24)23(13)22-18(19)21-16/h7-11,14-15H,2-6H2,1H3,(H,20,21,22)/t10-,11+,14-,15-/m0/s1. The van der Waals surface area contributed by atoms with Crippen LogP contribution in [0.3, 0.4) is 0 Å². The minimum absolute atomic E-state index is 0.0490. The number of carbonyl (C=O) groups excluding carboxylic acids is 2. The lowest BCUT2D eigenvalue weighted by Crippen LogP contribution is -2.52. The van der Waals surface area contributed by atoms with E-state index in [1.165, 1.54) is 4.52 Å². The molecule has 0 aromatic carbocycles. The summed E-state index contributed by atoms with van der Waals surface area (Å²) in [6.45, 7) is 2.21. The van der Waals surface area contributed by atoms with Gasteiger partial charge in [-0.2, -0.15) is 4.98 Å². The number of nitrogens with zero attached hydrogens (tertiary/aromatic N) is 3. The van der Waals surface area contributed by atoms with Crippen molar-refractivity contribution in [3.8, 4) is 0 Å². The molecule has 2 aromatic rings. The number of ether oxygens (including phenoxy) is 1. The van der Waals surface area contributed by atoms with Crippen molar-refractivity contribution < 1.29 is 14.3 Å². The molecule has 1 N–H and O–H groups in total. The molecule has 2 aromatic heterocycles. The van der Waals surface area contributed by atoms with Gasteiger partial charge in [0.2, 0.25) is 5.28 Å². The number of carbonyl (C=O) groups is 2. The number of aldehydes is 1. The molecule has 0 spiro atoms. The number of fused-ring (bicyclic) bond motifs is 4. The fraction of sp³-hybridized carbons (Fsp3) is 0.556. The van der Waals surface area contributed by atoms with Crippen molar-refractivity contribution in [2.24, 2.45) is 17.8 Å². The fourth-order valence-corrected chi connectivity index (χ4v) is 4.74. The summed E-state index contributed by atoms with van der Waals surface area (Å²) in [7, 11) is 0. The van der Waals surface area contributed by atoms with E-state index in [1.807, 2.05) is 6.92 Å². The summed E-state index contributed by atoms with van der Waals surface area (Å²) >= 11 is 6.06. The zero-order valence-electron chi connectivity index (χ0n) is 14.5. The van der Waals surface area contributed by atoms with Crippen molar-refractivity contribution in [2.45, 2.75) is 38.6 Å². The van der Waals surface area contributed by atoms with Crippen molar-refractivity contribution in [1.29, 1.82) is 0 Å². The van der Waals surface area contributed by atoms with Gasteiger partial charge in [0.15, 0.2) is 12.1 Å². The van der Waals surface area contributed by atoms with Crippen LogP contribution in [0.25, 0.3) is 5.52 Å². The highest BCUT2D eigenvalue weighted by Crippen LogP contribution is 2.46. The van der Waals surface area contributed by atoms with Crippen molar-refractivity contribution in [2.75, 3.05) is 11.9 Å². The van der Waals surface area contributed by atoms with Crippen LogP contribution in [0, 0.1) is 17.8 Å². The van der Waals surface area contributed by atoms with Gasteiger partial charge in [0, 0.05) is 6.04 Å². The second-order valence-corrected chi connectivity index (χ2v) is 7.36. The second-order valence-electron chi connectivity index (χ2n) is 7.03. The molecule has 0 radical (unpaired) electrons. The third kappa shape index (κ3) is 2.84. The van der Waals surface area contributed by atoms with E-state index in [0.717, 1.165) is 32.0 Å². The van der Waals surface area contributed by atoms with E-state index in [2.05, 4.69) is 15.4 Å². The topological polar surface area (TPSA) is 85.6 Å². The highest BCUT2D eigenvalue weighted by Gasteiger charge is 2.48. The minimum atomic E-state index is -0.184. The molecule has 2 bridgehead atoms. The first-order valence-corrected chi connectivity index (χ1v) is 9.43. The number of hydrogen-bond donors (Lipinski definition) is 1. The SMILES string of the molecule is CCOC(=O)[C@H]1[C@H]2CC[C@H](CC2)[C@@H]1Nc1nc(Cl)nn2c(C=O)ccc12. The van der Waals surface area contributed by atoms with E-state index in [-0.39, 0.29) is 23.2 Å². The van der Waals surface area contributed by atoms with E-state index in [9.17, 15) is 9.59 Å². The molecule has 0 saturated heterocycles. The van der Waals surface area contributed by atoms with Gasteiger partial charge in [-0.25, -0.2) is 4.52 Å². The molecule has 2 heterocycles. The number of aromatic nitrogens is 3. The summed E-state index contributed by atoms with van der Waals surface area (Å²) in [6, 6.07) is 3.41. The maximum Gasteiger partial charge on any atom is 0.311 e. The Morgan fingerprint density at radius 3 is 2.77 bits per heavy atom. The van der Waals surface area contributed by atoms with Crippen LogP contribution in [0.15, 0.2) is 12.1 Å². The summed E-state index contributed by atoms with van der Waals surface area (Å²) in [5.41, 5.74) is 1.07. The number of anilines is 1. The van der Waals surface area contributed by atoms with Crippen LogP contribution in [0.5, 0.6) is 0 Å². The summed E-state index contributed by atoms with van der Waals surface area (Å²) in [5.74, 6) is 0.951. The highest BCUT2D eigenvalue weighted by atomic mass is 35.5. The van der Waals surface area contributed by atoms with E-state index in [0.29, 0.717) is 35.5 Å². The number of halogens is 1. The summed E-state index contributed by atoms with van der Waals surface area (Å²) in [4.78, 5) is 28.1. The van der Waals surface area contributed by atoms with Gasteiger partial charge in [0.25, 0.3) is 0 Å². The predicted molar refractivity (Wildman–Crippen MR) is 96.4 cm³/mol. The number of nitrogens with one attached hydrogen (secondary N) is 1. The molecule has 26 heavy (non-hydrogen) atoms. The van der Waals surface area contributed by atoms with E-state index < -0.39 is 0 Å². The van der Waals surface area contributed by atoms with Crippen molar-refractivity contribution in [3.63, 3.8) is 0 Å². The van der Waals surface area contributed by atoms with Gasteiger partial charge in [-0.3, -0.25) is 9.59 Å². The first-order valence-electron chi connectivity index (χ1n) is 9.06. The van der Waals surface area contributed by atoms with Gasteiger partial charge in [-0.1, -0.05) is 0 Å². The van der Waals surface area contributed by atoms with E-state index in [1.54, 1.807) is 12.1 Å². The Hall–Kier alpha value is -2.15. The number of hydrogen-bond acceptors (Lipinski definition) is 6. The number of rotatable bonds is 5. The first kappa shape index (κ1) is 17.3. The van der Waals surface area contributed by atoms with Crippen LogP contribution < -0.4 is 5.32 Å². The van der Waals surface area contributed by atoms with Gasteiger partial charge in [-0.15, -0.1) is 5.10 Å². The molecule has 2 atom stereocenters. The molecule has 7 nitrogen and oxygen atoms in total. The molecular weight excluding hydrogens is 356 g/mol. The Labute approximate surface area is 156 Å². The highest BCUT2D eigenvalue weighted by molar-refractivity contribution is 6.28. The van der Waals surface area contributed by atoms with Crippen molar-refractivity contribution >= 4 is 35.2 Å². The minimum Gasteiger partial charge on any atom is -0.466 e. The number of esters is 1. The van der Waals surface area contributed by atoms with Crippen LogP contribution in [-0.2, 0) is 9.53 Å². The van der Waals surface area contributed by atoms with Gasteiger partial charge >= 0.3 is 5.97 Å². The first-order chi connectivity index (χ1) is 12.6. The molecule has 138 valence electrons. The third-order valence-corrected chi connectivity index (χ3v) is 5.88. The quantitative estimate of drug-likeness (QED) is 0.637. The fourth-order valence-electron chi connectivity index (χ4n) is 4.58.